The van der Waals surface area contributed by atoms with Crippen LogP contribution in [0.1, 0.15) is 20.8 Å². The molecule has 0 bridgehead atoms. The largest absolute Gasteiger partial charge is 0.305 e. The maximum absolute atomic E-state index is 13.0. The van der Waals surface area contributed by atoms with Crippen molar-refractivity contribution in [2.24, 2.45) is 0 Å². The first-order valence-electron chi connectivity index (χ1n) is 4.65. The molecule has 0 aromatic rings. The van der Waals surface area contributed by atoms with E-state index in [1.165, 1.54) is 6.08 Å². The molecule has 3 heteroatoms. The number of nitrogens with one attached hydrogen (secondary N) is 2. The van der Waals surface area contributed by atoms with Crippen molar-refractivity contribution in [1.29, 1.82) is 0 Å². The van der Waals surface area contributed by atoms with Crippen LogP contribution in [0.5, 0.6) is 0 Å². The third-order valence-electron chi connectivity index (χ3n) is 1.72. The van der Waals surface area contributed by atoms with E-state index in [1.54, 1.807) is 13.0 Å². The van der Waals surface area contributed by atoms with E-state index in [1.807, 2.05) is 13.8 Å². The number of hydrogen-bond donors (Lipinski definition) is 2. The van der Waals surface area contributed by atoms with Gasteiger partial charge in [-0.25, -0.2) is 4.39 Å². The third kappa shape index (κ3) is 5.55. The second kappa shape index (κ2) is 7.95. The minimum atomic E-state index is -0.147. The van der Waals surface area contributed by atoms with Crippen molar-refractivity contribution in [1.82, 2.24) is 10.6 Å². The molecule has 2 nitrogen and oxygen atoms in total. The molecule has 0 rings (SSSR count). The lowest BCUT2D eigenvalue weighted by atomic mass is 10.2. The number of halogens is 1. The van der Waals surface area contributed by atoms with Crippen molar-refractivity contribution in [3.8, 4) is 0 Å². The normalized spacial score (nSPS) is 13.5. The van der Waals surface area contributed by atoms with Crippen LogP contribution in [0.25, 0.3) is 0 Å². The highest BCUT2D eigenvalue weighted by molar-refractivity contribution is 5.25. The van der Waals surface area contributed by atoms with Gasteiger partial charge in [-0.05, 0) is 26.0 Å². The van der Waals surface area contributed by atoms with Gasteiger partial charge in [-0.15, -0.1) is 0 Å². The summed E-state index contributed by atoms with van der Waals surface area (Å²) in [5.74, 6) is -0.147. The summed E-state index contributed by atoms with van der Waals surface area (Å²) in [5, 5.41) is 6.20. The van der Waals surface area contributed by atoms with Crippen LogP contribution >= 0.6 is 0 Å². The van der Waals surface area contributed by atoms with Crippen molar-refractivity contribution in [3.63, 3.8) is 0 Å². The molecule has 0 aliphatic heterocycles. The fraction of sp³-hybridized carbons (Fsp3) is 0.600. The van der Waals surface area contributed by atoms with E-state index >= 15 is 0 Å². The minimum Gasteiger partial charge on any atom is -0.305 e. The molecular formula is C10H19FN2. The topological polar surface area (TPSA) is 24.1 Å². The first-order valence-corrected chi connectivity index (χ1v) is 4.65. The zero-order chi connectivity index (χ0) is 10.1. The zero-order valence-corrected chi connectivity index (χ0v) is 8.65. The fourth-order valence-corrected chi connectivity index (χ4v) is 0.920. The molecule has 0 aliphatic carbocycles. The molecule has 0 fully saturated rings. The minimum absolute atomic E-state index is 0.147. The summed E-state index contributed by atoms with van der Waals surface area (Å²) in [7, 11) is 0. The van der Waals surface area contributed by atoms with Crippen LogP contribution in [0.15, 0.2) is 23.6 Å². The lowest BCUT2D eigenvalue weighted by Crippen LogP contribution is -2.30. The summed E-state index contributed by atoms with van der Waals surface area (Å²) in [5.41, 5.74) is 0.709. The molecule has 0 aromatic heterocycles. The Kier molecular flexibility index (Phi) is 7.54. The smallest absolute Gasteiger partial charge is 0.123 e. The second-order valence-corrected chi connectivity index (χ2v) is 2.66. The average Bonchev–Trinajstić information content (AvgIpc) is 2.17. The Morgan fingerprint density at radius 2 is 1.92 bits per heavy atom. The highest BCUT2D eigenvalue weighted by Crippen LogP contribution is 2.09. The van der Waals surface area contributed by atoms with Crippen LogP contribution in [-0.4, -0.2) is 19.8 Å². The van der Waals surface area contributed by atoms with Crippen LogP contribution in [0, 0.1) is 0 Å². The van der Waals surface area contributed by atoms with Crippen LogP contribution in [0.2, 0.25) is 0 Å². The van der Waals surface area contributed by atoms with Crippen molar-refractivity contribution in [2.45, 2.75) is 20.8 Å². The Labute approximate surface area is 79.9 Å². The zero-order valence-electron chi connectivity index (χ0n) is 8.65. The fourth-order valence-electron chi connectivity index (χ4n) is 0.920. The highest BCUT2D eigenvalue weighted by atomic mass is 19.1. The quantitative estimate of drug-likeness (QED) is 0.376. The highest BCUT2D eigenvalue weighted by Gasteiger charge is 2.00. The number of rotatable bonds is 6. The Morgan fingerprint density at radius 1 is 1.23 bits per heavy atom. The van der Waals surface area contributed by atoms with Gasteiger partial charge in [-0.1, -0.05) is 19.1 Å². The van der Waals surface area contributed by atoms with E-state index < -0.39 is 0 Å². The maximum atomic E-state index is 13.0. The van der Waals surface area contributed by atoms with Crippen LogP contribution in [0.3, 0.4) is 0 Å². The van der Waals surface area contributed by atoms with E-state index in [2.05, 4.69) is 10.6 Å². The summed E-state index contributed by atoms with van der Waals surface area (Å²) in [6.07, 6.45) is 3.26. The average molecular weight is 186 g/mol. The second-order valence-electron chi connectivity index (χ2n) is 2.66. The van der Waals surface area contributed by atoms with Crippen molar-refractivity contribution < 1.29 is 4.39 Å². The Morgan fingerprint density at radius 3 is 2.38 bits per heavy atom. The molecule has 0 unspecified atom stereocenters. The van der Waals surface area contributed by atoms with Gasteiger partial charge in [0.25, 0.3) is 0 Å². The molecule has 13 heavy (non-hydrogen) atoms. The molecule has 0 atom stereocenters. The van der Waals surface area contributed by atoms with Gasteiger partial charge < -0.3 is 10.6 Å². The van der Waals surface area contributed by atoms with E-state index in [4.69, 9.17) is 0 Å². The monoisotopic (exact) mass is 186 g/mol. The van der Waals surface area contributed by atoms with E-state index in [9.17, 15) is 4.39 Å². The van der Waals surface area contributed by atoms with Gasteiger partial charge >= 0.3 is 0 Å². The number of allylic oxidation sites excluding steroid dienone is 2. The third-order valence-corrected chi connectivity index (χ3v) is 1.72. The van der Waals surface area contributed by atoms with Crippen molar-refractivity contribution >= 4 is 0 Å². The molecule has 0 radical (unpaired) electrons. The SMILES string of the molecule is C/C=C(CNCNCC)\C(F)=C/C. The maximum Gasteiger partial charge on any atom is 0.123 e. The lowest BCUT2D eigenvalue weighted by Gasteiger charge is -2.06. The van der Waals surface area contributed by atoms with Gasteiger partial charge in [0.2, 0.25) is 0 Å². The molecular weight excluding hydrogens is 167 g/mol. The van der Waals surface area contributed by atoms with E-state index in [-0.39, 0.29) is 5.83 Å². The number of hydrogen-bond acceptors (Lipinski definition) is 2. The van der Waals surface area contributed by atoms with Crippen LogP contribution in [0.4, 0.5) is 4.39 Å². The lowest BCUT2D eigenvalue weighted by molar-refractivity contribution is 0.595. The van der Waals surface area contributed by atoms with Gasteiger partial charge in [0.05, 0.1) is 0 Å². The van der Waals surface area contributed by atoms with Crippen LogP contribution in [-0.2, 0) is 0 Å². The summed E-state index contributed by atoms with van der Waals surface area (Å²) >= 11 is 0. The molecule has 2 N–H and O–H groups in total. The molecule has 0 amide bonds. The predicted molar refractivity (Wildman–Crippen MR) is 55.2 cm³/mol. The molecule has 0 spiro atoms. The van der Waals surface area contributed by atoms with Gasteiger partial charge in [-0.3, -0.25) is 0 Å². The molecule has 76 valence electrons. The van der Waals surface area contributed by atoms with E-state index in [0.29, 0.717) is 18.8 Å². The van der Waals surface area contributed by atoms with Gasteiger partial charge in [0, 0.05) is 13.2 Å². The van der Waals surface area contributed by atoms with Crippen molar-refractivity contribution in [2.75, 3.05) is 19.8 Å². The summed E-state index contributed by atoms with van der Waals surface area (Å²) < 4.78 is 13.0. The Balaban J connectivity index is 3.75. The van der Waals surface area contributed by atoms with Crippen molar-refractivity contribution in [3.05, 3.63) is 23.6 Å². The summed E-state index contributed by atoms with van der Waals surface area (Å²) in [4.78, 5) is 0. The summed E-state index contributed by atoms with van der Waals surface area (Å²) in [6.45, 7) is 7.77. The summed E-state index contributed by atoms with van der Waals surface area (Å²) in [6, 6.07) is 0. The van der Waals surface area contributed by atoms with Gasteiger partial charge in [0.15, 0.2) is 0 Å². The van der Waals surface area contributed by atoms with Gasteiger partial charge in [-0.2, -0.15) is 0 Å². The standard InChI is InChI=1S/C10H19FN2/c1-4-9(10(11)5-2)7-13-8-12-6-3/h4-5,12-13H,6-8H2,1-3H3/b9-4-,10-5+. The Bertz CT molecular complexity index is 185. The predicted octanol–water partition coefficient (Wildman–Crippen LogP) is 1.96. The molecule has 0 saturated heterocycles. The van der Waals surface area contributed by atoms with E-state index in [0.717, 1.165) is 6.54 Å². The van der Waals surface area contributed by atoms with Crippen LogP contribution < -0.4 is 10.6 Å². The molecule has 0 aliphatic rings. The van der Waals surface area contributed by atoms with Gasteiger partial charge in [0.1, 0.15) is 5.83 Å². The Hall–Kier alpha value is -0.670. The first-order chi connectivity index (χ1) is 6.26. The molecule has 0 aromatic carbocycles. The molecule has 0 heterocycles. The molecule has 0 saturated carbocycles. The first kappa shape index (κ1) is 12.3.